The molecule has 0 bridgehead atoms. The Hall–Kier alpha value is -1.12. The molecule has 0 aliphatic rings. The summed E-state index contributed by atoms with van der Waals surface area (Å²) in [5.74, 6) is -1.47. The first-order valence-electron chi connectivity index (χ1n) is 9.76. The van der Waals surface area contributed by atoms with Crippen LogP contribution in [-0.2, 0) is 19.2 Å². The number of hydrogen-bond donors (Lipinski definition) is 3. The summed E-state index contributed by atoms with van der Waals surface area (Å²) >= 11 is 5.82. The van der Waals surface area contributed by atoms with Gasteiger partial charge < -0.3 is 41.1 Å². The van der Waals surface area contributed by atoms with Gasteiger partial charge in [-0.25, -0.2) is 9.59 Å². The van der Waals surface area contributed by atoms with E-state index in [1.165, 1.54) is 72.7 Å². The smallest absolute Gasteiger partial charge is 1.00 e. The fourth-order valence-electron chi connectivity index (χ4n) is 2.13. The second kappa shape index (κ2) is 28.4. The Morgan fingerprint density at radius 1 is 0.884 bits per heavy atom. The van der Waals surface area contributed by atoms with Crippen LogP contribution in [0.4, 0.5) is 0 Å². The van der Waals surface area contributed by atoms with Crippen molar-refractivity contribution < 1.29 is 158 Å². The van der Waals surface area contributed by atoms with E-state index < -0.39 is 11.9 Å². The molecule has 2 aromatic carbocycles. The molecule has 2 aromatic heterocycles. The largest absolute Gasteiger partial charge is 1.00 e. The number of ether oxygens (including phenoxy) is 3. The van der Waals surface area contributed by atoms with E-state index in [1.807, 2.05) is 0 Å². The standard InChI is InChI=1S/C10H8N2O4S.C8H8O4.C2HBrN2S.CH2O3.2CH4.2K.H/c1-15-9(14)7-3-2-6(4-8(7)13)16-10-12-11-5-17-10;1-12-8(11)6-3-2-5(9)4-7(6)10;3-2-5-4-1-6-2;2-1-4-3;;;;;/h2-5,13H,1H3;2-4,9-10H,1H3;1H;1,3H;2*1H4;;;/q;;;;;;2*+1;-1/p-1. The van der Waals surface area contributed by atoms with Crippen molar-refractivity contribution in [1.29, 1.82) is 0 Å². The molecule has 2 heterocycles. The normalized spacial score (nSPS) is 8.28. The van der Waals surface area contributed by atoms with Crippen LogP contribution >= 0.6 is 38.6 Å². The van der Waals surface area contributed by atoms with E-state index in [0.29, 0.717) is 10.9 Å². The molecule has 20 heteroatoms. The molecule has 0 radical (unpaired) electrons. The van der Waals surface area contributed by atoms with Gasteiger partial charge in [0.05, 0.1) is 14.2 Å². The van der Waals surface area contributed by atoms with Crippen LogP contribution < -0.4 is 113 Å². The number of aromatic hydroxyl groups is 3. The first-order chi connectivity index (χ1) is 18.7. The Morgan fingerprint density at radius 2 is 1.37 bits per heavy atom. The van der Waals surface area contributed by atoms with Crippen molar-refractivity contribution in [2.45, 2.75) is 14.9 Å². The van der Waals surface area contributed by atoms with E-state index in [2.05, 4.69) is 50.7 Å². The van der Waals surface area contributed by atoms with Crippen LogP contribution in [0.1, 0.15) is 37.0 Å². The molecule has 0 aliphatic carbocycles. The van der Waals surface area contributed by atoms with Gasteiger partial charge in [-0.1, -0.05) is 42.6 Å². The van der Waals surface area contributed by atoms with Crippen LogP contribution in [0.25, 0.3) is 0 Å². The number of rotatable bonds is 5. The quantitative estimate of drug-likeness (QED) is 0.0648. The van der Waals surface area contributed by atoms with Gasteiger partial charge in [0, 0.05) is 12.1 Å². The van der Waals surface area contributed by atoms with Gasteiger partial charge in [-0.05, 0) is 40.2 Å². The second-order valence-electron chi connectivity index (χ2n) is 6.05. The monoisotopic (exact) mass is 756 g/mol. The number of benzene rings is 2. The van der Waals surface area contributed by atoms with Gasteiger partial charge >= 0.3 is 115 Å². The molecule has 0 saturated carbocycles. The Morgan fingerprint density at radius 3 is 1.72 bits per heavy atom. The molecule has 0 saturated heterocycles. The van der Waals surface area contributed by atoms with Crippen LogP contribution in [0.5, 0.6) is 28.2 Å². The van der Waals surface area contributed by atoms with Crippen LogP contribution in [0, 0.1) is 0 Å². The van der Waals surface area contributed by atoms with Gasteiger partial charge in [0.25, 0.3) is 11.7 Å². The van der Waals surface area contributed by atoms with E-state index in [1.54, 1.807) is 5.51 Å². The Bertz CT molecular complexity index is 1330. The maximum Gasteiger partial charge on any atom is 1.00 e. The molecular weight excluding hydrogens is 731 g/mol. The third-order valence-electron chi connectivity index (χ3n) is 3.68. The van der Waals surface area contributed by atoms with Crippen molar-refractivity contribution in [2.75, 3.05) is 14.2 Å². The fourth-order valence-corrected chi connectivity index (χ4v) is 3.17. The summed E-state index contributed by atoms with van der Waals surface area (Å²) in [4.78, 5) is 33.4. The molecule has 0 fully saturated rings. The molecule has 0 amide bonds. The van der Waals surface area contributed by atoms with Crippen LogP contribution in [-0.4, -0.2) is 68.3 Å². The maximum absolute atomic E-state index is 11.2. The van der Waals surface area contributed by atoms with Crippen molar-refractivity contribution >= 4 is 57.0 Å². The van der Waals surface area contributed by atoms with Crippen LogP contribution in [0.15, 0.2) is 51.3 Å². The van der Waals surface area contributed by atoms with Crippen LogP contribution in [0.2, 0.25) is 0 Å². The second-order valence-corrected chi connectivity index (χ2v) is 8.96. The van der Waals surface area contributed by atoms with Crippen molar-refractivity contribution in [3.8, 4) is 28.2 Å². The summed E-state index contributed by atoms with van der Waals surface area (Å²) in [6.45, 7) is -0.181. The minimum absolute atomic E-state index is 0. The number of carbonyl (C=O) groups is 3. The summed E-state index contributed by atoms with van der Waals surface area (Å²) in [5, 5.41) is 50.8. The van der Waals surface area contributed by atoms with Gasteiger partial charge in [-0.2, -0.15) is 0 Å². The van der Waals surface area contributed by atoms with Crippen molar-refractivity contribution in [1.82, 2.24) is 20.4 Å². The summed E-state index contributed by atoms with van der Waals surface area (Å²) in [7, 11) is 2.46. The van der Waals surface area contributed by atoms with E-state index in [4.69, 9.17) is 25.0 Å². The zero-order chi connectivity index (χ0) is 29.2. The van der Waals surface area contributed by atoms with E-state index >= 15 is 0 Å². The first kappa shape index (κ1) is 48.8. The minimum Gasteiger partial charge on any atom is -1.00 e. The van der Waals surface area contributed by atoms with Gasteiger partial charge in [0.15, 0.2) is 3.92 Å². The molecule has 0 atom stereocenters. The molecule has 43 heavy (non-hydrogen) atoms. The number of aromatic nitrogens is 4. The number of esters is 2. The molecule has 226 valence electrons. The van der Waals surface area contributed by atoms with Crippen molar-refractivity contribution in [2.24, 2.45) is 0 Å². The van der Waals surface area contributed by atoms with E-state index in [0.717, 1.165) is 9.98 Å². The summed E-state index contributed by atoms with van der Waals surface area (Å²) < 4.78 is 15.0. The number of halogens is 1. The predicted octanol–water partition coefficient (Wildman–Crippen LogP) is -2.16. The molecule has 15 nitrogen and oxygen atoms in total. The Kier molecular flexibility index (Phi) is 32.2. The fraction of sp³-hybridized carbons (Fsp3) is 0.174. The van der Waals surface area contributed by atoms with Crippen LogP contribution in [0.3, 0.4) is 0 Å². The molecule has 0 aliphatic heterocycles. The van der Waals surface area contributed by atoms with Crippen molar-refractivity contribution in [3.05, 3.63) is 62.5 Å². The molecule has 0 spiro atoms. The molecule has 4 aromatic rings. The maximum atomic E-state index is 11.2. The first-order valence-corrected chi connectivity index (χ1v) is 12.3. The SMILES string of the molecule is Brc1nncs1.C.C.COC(=O)c1ccc(O)cc1O.COC(=O)c1ccc(Oc2nncs2)cc1O.O=CO[O-].[H-].[K+].[K+]. The number of carbonyl (C=O) groups excluding carboxylic acids is 3. The molecule has 0 unspecified atom stereocenters. The average Bonchev–Trinajstić information content (AvgIpc) is 3.63. The van der Waals surface area contributed by atoms with Gasteiger partial charge in [0.2, 0.25) is 0 Å². The third kappa shape index (κ3) is 19.8. The molecule has 3 N–H and O–H groups in total. The van der Waals surface area contributed by atoms with Gasteiger partial charge in [-0.15, -0.1) is 15.3 Å². The van der Waals surface area contributed by atoms with E-state index in [-0.39, 0.29) is 154 Å². The summed E-state index contributed by atoms with van der Waals surface area (Å²) in [6.07, 6.45) is 0. The average molecular weight is 758 g/mol. The number of phenolic OH excluding ortho intramolecular Hbond substituents is 3. The number of hydrogen-bond acceptors (Lipinski definition) is 17. The van der Waals surface area contributed by atoms with E-state index in [9.17, 15) is 14.7 Å². The Balaban J connectivity index is -0.000000166. The summed E-state index contributed by atoms with van der Waals surface area (Å²) in [6, 6.07) is 7.92. The topological polar surface area (TPSA) is 223 Å². The number of phenols is 3. The van der Waals surface area contributed by atoms with Gasteiger partial charge in [-0.3, -0.25) is 4.79 Å². The minimum atomic E-state index is -0.632. The predicted molar refractivity (Wildman–Crippen MR) is 150 cm³/mol. The zero-order valence-electron chi connectivity index (χ0n) is 22.8. The van der Waals surface area contributed by atoms with Crippen molar-refractivity contribution in [3.63, 3.8) is 0 Å². The van der Waals surface area contributed by atoms with Gasteiger partial charge in [0.1, 0.15) is 45.1 Å². The number of nitrogens with zero attached hydrogens (tertiary/aromatic N) is 4. The molecule has 4 rings (SSSR count). The summed E-state index contributed by atoms with van der Waals surface area (Å²) in [5.41, 5.74) is 3.31. The Labute approximate surface area is 350 Å². The molecular formula is C23H27BrK2N4O11S2. The number of methoxy groups -OCH3 is 2. The third-order valence-corrected chi connectivity index (χ3v) is 5.44. The zero-order valence-corrected chi connectivity index (χ0v) is 31.3.